The van der Waals surface area contributed by atoms with E-state index >= 15 is 0 Å². The van der Waals surface area contributed by atoms with Gasteiger partial charge in [-0.3, -0.25) is 14.4 Å². The lowest BCUT2D eigenvalue weighted by atomic mass is 10.0. The number of hydrogen-bond donors (Lipinski definition) is 2. The summed E-state index contributed by atoms with van der Waals surface area (Å²) >= 11 is 28.8. The van der Waals surface area contributed by atoms with Crippen LogP contribution < -0.4 is 34.8 Å². The third-order valence-corrected chi connectivity index (χ3v) is 12.2. The van der Waals surface area contributed by atoms with Crippen molar-refractivity contribution in [2.45, 2.75) is 130 Å². The fraction of sp³-hybridized carbons (Fsp3) is 0.481. The van der Waals surface area contributed by atoms with E-state index in [9.17, 15) is 23.6 Å². The monoisotopic (exact) mass is 1120 g/mol. The number of allylic oxidation sites excluding steroid dienone is 1. The molecule has 2 unspecified atom stereocenters. The molecule has 74 heavy (non-hydrogen) atoms. The van der Waals surface area contributed by atoms with Gasteiger partial charge in [0.05, 0.1) is 46.9 Å². The first-order valence-electron chi connectivity index (χ1n) is 24.1. The average molecular weight is 1130 g/mol. The van der Waals surface area contributed by atoms with Gasteiger partial charge in [0.2, 0.25) is 23.1 Å². The van der Waals surface area contributed by atoms with Gasteiger partial charge in [-0.1, -0.05) is 72.1 Å². The number of anilines is 5. The summed E-state index contributed by atoms with van der Waals surface area (Å²) in [4.78, 5) is 63.5. The zero-order valence-corrected chi connectivity index (χ0v) is 47.4. The highest BCUT2D eigenvalue weighted by atomic mass is 35.5. The maximum atomic E-state index is 14.3. The van der Waals surface area contributed by atoms with Crippen molar-refractivity contribution in [3.63, 3.8) is 0 Å². The molecular formula is C52H66Cl5FN8O8. The van der Waals surface area contributed by atoms with Crippen molar-refractivity contribution >= 4 is 111 Å². The van der Waals surface area contributed by atoms with Gasteiger partial charge in [-0.2, -0.15) is 15.0 Å². The van der Waals surface area contributed by atoms with Crippen LogP contribution in [-0.4, -0.2) is 100 Å². The average Bonchev–Trinajstić information content (AvgIpc) is 3.96. The molecule has 404 valence electrons. The topological polar surface area (TPSA) is 178 Å². The Morgan fingerprint density at radius 1 is 0.973 bits per heavy atom. The fourth-order valence-corrected chi connectivity index (χ4v) is 8.59. The number of benzene rings is 3. The number of aryl methyl sites for hydroxylation is 2. The molecule has 22 heteroatoms. The molecule has 0 radical (unpaired) electrons. The molecule has 1 aromatic heterocycles. The number of hydrogen-bond acceptors (Lipinski definition) is 13. The van der Waals surface area contributed by atoms with Crippen LogP contribution in [0, 0.1) is 12.7 Å². The Balaban J connectivity index is 0.000000218. The van der Waals surface area contributed by atoms with Gasteiger partial charge in [0.1, 0.15) is 29.8 Å². The summed E-state index contributed by atoms with van der Waals surface area (Å²) in [5, 5.41) is 6.41. The quantitative estimate of drug-likeness (QED) is 0.0955. The second-order valence-electron chi connectivity index (χ2n) is 18.5. The third-order valence-electron chi connectivity index (χ3n) is 11.1. The Kier molecular flexibility index (Phi) is 23.8. The minimum Gasteiger partial charge on any atom is -0.489 e. The summed E-state index contributed by atoms with van der Waals surface area (Å²) in [6.45, 7) is 21.0. The summed E-state index contributed by atoms with van der Waals surface area (Å²) in [6.07, 6.45) is 3.88. The van der Waals surface area contributed by atoms with Crippen molar-refractivity contribution < 1.29 is 42.5 Å². The Hall–Kier alpha value is -5.17. The zero-order chi connectivity index (χ0) is 55.0. The molecule has 0 bridgehead atoms. The first-order valence-corrected chi connectivity index (χ1v) is 26.2. The number of halogens is 6. The van der Waals surface area contributed by atoms with Crippen molar-refractivity contribution in [2.75, 3.05) is 58.1 Å². The molecule has 3 heterocycles. The van der Waals surface area contributed by atoms with Gasteiger partial charge in [0, 0.05) is 25.3 Å². The number of ether oxygens (including phenoxy) is 4. The lowest BCUT2D eigenvalue weighted by molar-refractivity contribution is -0.118. The van der Waals surface area contributed by atoms with Gasteiger partial charge in [-0.25, -0.2) is 14.1 Å². The van der Waals surface area contributed by atoms with Gasteiger partial charge < -0.3 is 39.4 Å². The second-order valence-corrected chi connectivity index (χ2v) is 20.6. The highest BCUT2D eigenvalue weighted by Gasteiger charge is 2.40. The van der Waals surface area contributed by atoms with Crippen LogP contribution >= 0.6 is 58.0 Å². The summed E-state index contributed by atoms with van der Waals surface area (Å²) in [5.74, 6) is -0.0932. The fourth-order valence-electron chi connectivity index (χ4n) is 7.89. The van der Waals surface area contributed by atoms with Gasteiger partial charge in [-0.05, 0) is 141 Å². The molecule has 2 atom stereocenters. The number of alkyl halides is 3. The molecule has 2 N–H and O–H groups in total. The van der Waals surface area contributed by atoms with Gasteiger partial charge in [0.15, 0.2) is 10.6 Å². The zero-order valence-electron chi connectivity index (χ0n) is 43.6. The smallest absolute Gasteiger partial charge is 0.427 e. The molecule has 4 amide bonds. The number of nitrogens with one attached hydrogen (secondary N) is 2. The molecule has 0 spiro atoms. The number of rotatable bonds is 13. The Labute approximate surface area is 458 Å². The summed E-state index contributed by atoms with van der Waals surface area (Å²) in [7, 11) is 1.64. The Morgan fingerprint density at radius 2 is 1.64 bits per heavy atom. The number of fused-ring (bicyclic) bond motifs is 1. The van der Waals surface area contributed by atoms with Crippen molar-refractivity contribution in [1.82, 2.24) is 15.0 Å². The van der Waals surface area contributed by atoms with Crippen LogP contribution in [0.15, 0.2) is 65.9 Å². The maximum Gasteiger partial charge on any atom is 0.427 e. The molecule has 3 aliphatic rings. The largest absolute Gasteiger partial charge is 0.489 e. The molecule has 16 nitrogen and oxygen atoms in total. The van der Waals surface area contributed by atoms with Crippen molar-refractivity contribution in [3.8, 4) is 11.5 Å². The number of methoxy groups -OCH3 is 1. The number of imide groups is 1. The van der Waals surface area contributed by atoms with Crippen LogP contribution in [-0.2, 0) is 30.3 Å². The SMILES string of the molecule is CC(C)=C1OC(=O)N(c2cc(OC3CCCC3)c(Cl)cc2F)C1=O.CC1COc2ccccc2N1C(=O)C(Cl)Cl.CCNc1nc(Cl)nc(NC(C)(C)C)n1.CCc1cccc(C)c1N(C(=O)CCl)C(C)COC. The highest BCUT2D eigenvalue weighted by molar-refractivity contribution is 6.54. The molecule has 1 saturated carbocycles. The number of cyclic esters (lactones) is 1. The van der Waals surface area contributed by atoms with Crippen LogP contribution in [0.5, 0.6) is 11.5 Å². The van der Waals surface area contributed by atoms with E-state index in [1.54, 1.807) is 30.8 Å². The minimum atomic E-state index is -1.05. The second kappa shape index (κ2) is 28.7. The van der Waals surface area contributed by atoms with E-state index < -0.39 is 22.7 Å². The molecule has 2 aliphatic heterocycles. The minimum absolute atomic E-state index is 0.00962. The summed E-state index contributed by atoms with van der Waals surface area (Å²) in [6, 6.07) is 15.6. The maximum absolute atomic E-state index is 14.3. The van der Waals surface area contributed by atoms with Crippen LogP contribution in [0.25, 0.3) is 0 Å². The predicted molar refractivity (Wildman–Crippen MR) is 293 cm³/mol. The van der Waals surface area contributed by atoms with Gasteiger partial charge >= 0.3 is 12.0 Å². The highest BCUT2D eigenvalue weighted by Crippen LogP contribution is 2.38. The Morgan fingerprint density at radius 3 is 2.22 bits per heavy atom. The van der Waals surface area contributed by atoms with E-state index in [4.69, 9.17) is 77.0 Å². The molecule has 1 saturated heterocycles. The van der Waals surface area contributed by atoms with Crippen LogP contribution in [0.3, 0.4) is 0 Å². The van der Waals surface area contributed by atoms with E-state index in [1.807, 2.05) is 84.9 Å². The van der Waals surface area contributed by atoms with E-state index in [2.05, 4.69) is 38.6 Å². The van der Waals surface area contributed by atoms with Gasteiger partial charge in [-0.15, -0.1) is 11.6 Å². The number of carbonyl (C=O) groups is 4. The van der Waals surface area contributed by atoms with Crippen LogP contribution in [0.4, 0.5) is 38.1 Å². The number of para-hydroxylation sites is 3. The number of amides is 4. The van der Waals surface area contributed by atoms with Crippen molar-refractivity contribution in [1.29, 1.82) is 0 Å². The summed E-state index contributed by atoms with van der Waals surface area (Å²) in [5.41, 5.74) is 4.14. The molecule has 2 fully saturated rings. The first kappa shape index (κ1) is 61.4. The number of aromatic nitrogens is 3. The normalized spacial score (nSPS) is 15.5. The molecule has 3 aromatic carbocycles. The van der Waals surface area contributed by atoms with E-state index in [0.29, 0.717) is 41.3 Å². The number of carbonyl (C=O) groups excluding carboxylic acids is 4. The lowest BCUT2D eigenvalue weighted by Crippen LogP contribution is -2.47. The number of nitrogens with zero attached hydrogens (tertiary/aromatic N) is 6. The van der Waals surface area contributed by atoms with Crippen LogP contribution in [0.1, 0.15) is 99.1 Å². The predicted octanol–water partition coefficient (Wildman–Crippen LogP) is 12.5. The van der Waals surface area contributed by atoms with Crippen molar-refractivity contribution in [3.05, 3.63) is 93.2 Å². The molecule has 7 rings (SSSR count). The Bertz CT molecular complexity index is 2610. The van der Waals surface area contributed by atoms with Gasteiger partial charge in [0.25, 0.3) is 5.91 Å². The summed E-state index contributed by atoms with van der Waals surface area (Å²) < 4.78 is 35.7. The standard InChI is InChI=1S/C17H17ClFNO4.C15H22ClNO2.C11H11Cl2NO2.C9H16ClN5/c1-9(2)15-16(21)20(17(22)24-15)13-8-14(11(18)7-12(13)19)23-10-5-3-4-6-10;1-5-13-8-6-7-11(2)15(13)17(14(18)9-16)12(3)10-19-4;1-7-6-16-9-5-3-2-4-8(9)14(7)11(15)10(12)13;1-5-11-7-12-6(10)13-8(14-7)15-9(2,3)4/h7-8,10H,3-6H2,1-2H3;6-8,12H,5,9-10H2,1-4H3;2-5,7,10H,6H2,1H3;5H2,1-4H3,(H2,11,12,13,14,15). The van der Waals surface area contributed by atoms with Crippen molar-refractivity contribution in [2.24, 2.45) is 0 Å². The first-order chi connectivity index (χ1) is 35.0. The molecule has 4 aromatic rings. The molecule has 1 aliphatic carbocycles. The van der Waals surface area contributed by atoms with E-state index in [1.165, 1.54) is 6.07 Å². The third kappa shape index (κ3) is 16.9. The van der Waals surface area contributed by atoms with E-state index in [0.717, 1.165) is 67.2 Å². The lowest BCUT2D eigenvalue weighted by Gasteiger charge is -2.35. The van der Waals surface area contributed by atoms with E-state index in [-0.39, 0.29) is 68.9 Å². The molecular weight excluding hydrogens is 1060 g/mol. The van der Waals surface area contributed by atoms with Crippen LogP contribution in [0.2, 0.25) is 10.3 Å².